The number of hydrogen-bond donors (Lipinski definition) is 1. The summed E-state index contributed by atoms with van der Waals surface area (Å²) in [6.45, 7) is 3.89. The lowest BCUT2D eigenvalue weighted by atomic mass is 10.0. The number of aromatic nitrogens is 4. The lowest BCUT2D eigenvalue weighted by molar-refractivity contribution is 0.0688. The minimum atomic E-state index is -1.07. The second-order valence-electron chi connectivity index (χ2n) is 7.01. The molecule has 0 spiro atoms. The topological polar surface area (TPSA) is 80.9 Å². The molecule has 31 heavy (non-hydrogen) atoms. The summed E-state index contributed by atoms with van der Waals surface area (Å²) in [6.07, 6.45) is 3.26. The molecule has 1 atom stereocenters. The molecule has 0 fully saturated rings. The van der Waals surface area contributed by atoms with Crippen molar-refractivity contribution >= 4 is 52.3 Å². The maximum absolute atomic E-state index is 12.2. The SMILES string of the molecule is Cc1nn(-c2nc3c(s2)SC(C)c2cc(Cl)c(Cl)cc2-3)c(C(=O)O)c1-c1ccncc1. The van der Waals surface area contributed by atoms with Gasteiger partial charge in [-0.3, -0.25) is 4.98 Å². The Morgan fingerprint density at radius 1 is 1.19 bits per heavy atom. The summed E-state index contributed by atoms with van der Waals surface area (Å²) in [5.74, 6) is -1.07. The number of fused-ring (bicyclic) bond motifs is 3. The van der Waals surface area contributed by atoms with Crippen LogP contribution in [0.25, 0.3) is 27.5 Å². The second kappa shape index (κ2) is 7.63. The van der Waals surface area contributed by atoms with Crippen molar-refractivity contribution < 1.29 is 9.90 Å². The lowest BCUT2D eigenvalue weighted by Crippen LogP contribution is -2.09. The van der Waals surface area contributed by atoms with E-state index in [0.717, 1.165) is 26.6 Å². The first kappa shape index (κ1) is 20.5. The standard InChI is InChI=1S/C21H14Cl2N4O2S2/c1-9-16(11-3-5-24-6-4-11)18(19(28)29)27(26-9)21-25-17-13-8-15(23)14(22)7-12(13)10(2)30-20(17)31-21/h3-8,10H,1-2H3,(H,28,29). The van der Waals surface area contributed by atoms with Gasteiger partial charge in [-0.05, 0) is 49.2 Å². The molecule has 156 valence electrons. The highest BCUT2D eigenvalue weighted by Crippen LogP contribution is 2.53. The van der Waals surface area contributed by atoms with Gasteiger partial charge >= 0.3 is 5.97 Å². The number of carbonyl (C=O) groups is 1. The van der Waals surface area contributed by atoms with Crippen LogP contribution in [0.1, 0.15) is 33.9 Å². The molecular formula is C21H14Cl2N4O2S2. The van der Waals surface area contributed by atoms with E-state index < -0.39 is 5.97 Å². The van der Waals surface area contributed by atoms with Crippen LogP contribution in [-0.4, -0.2) is 30.8 Å². The van der Waals surface area contributed by atoms with Crippen LogP contribution in [0.5, 0.6) is 0 Å². The van der Waals surface area contributed by atoms with Crippen molar-refractivity contribution in [3.63, 3.8) is 0 Å². The molecule has 1 unspecified atom stereocenters. The quantitative estimate of drug-likeness (QED) is 0.352. The maximum atomic E-state index is 12.2. The summed E-state index contributed by atoms with van der Waals surface area (Å²) in [4.78, 5) is 21.0. The summed E-state index contributed by atoms with van der Waals surface area (Å²) < 4.78 is 2.40. The molecular weight excluding hydrogens is 475 g/mol. The van der Waals surface area contributed by atoms with Crippen LogP contribution < -0.4 is 0 Å². The number of aromatic carboxylic acids is 1. The van der Waals surface area contributed by atoms with Gasteiger partial charge in [0.1, 0.15) is 0 Å². The van der Waals surface area contributed by atoms with Gasteiger partial charge in [0.05, 0.1) is 25.6 Å². The van der Waals surface area contributed by atoms with E-state index in [1.165, 1.54) is 16.0 Å². The van der Waals surface area contributed by atoms with Crippen LogP contribution in [0, 0.1) is 6.92 Å². The molecule has 6 nitrogen and oxygen atoms in total. The van der Waals surface area contributed by atoms with Gasteiger partial charge in [-0.15, -0.1) is 11.8 Å². The summed E-state index contributed by atoms with van der Waals surface area (Å²) in [6, 6.07) is 7.24. The number of carboxylic acid groups (broad SMARTS) is 1. The molecule has 5 rings (SSSR count). The van der Waals surface area contributed by atoms with Crippen molar-refractivity contribution in [2.75, 3.05) is 0 Å². The van der Waals surface area contributed by atoms with E-state index in [9.17, 15) is 9.90 Å². The van der Waals surface area contributed by atoms with E-state index in [0.29, 0.717) is 26.4 Å². The number of nitrogens with zero attached hydrogens (tertiary/aromatic N) is 4. The molecule has 1 aliphatic heterocycles. The van der Waals surface area contributed by atoms with Gasteiger partial charge in [-0.1, -0.05) is 34.5 Å². The van der Waals surface area contributed by atoms with Gasteiger partial charge < -0.3 is 5.11 Å². The number of thiazole rings is 1. The van der Waals surface area contributed by atoms with Gasteiger partial charge in [-0.25, -0.2) is 9.78 Å². The second-order valence-corrected chi connectivity index (χ2v) is 10.4. The van der Waals surface area contributed by atoms with Crippen LogP contribution >= 0.6 is 46.3 Å². The molecule has 1 aromatic carbocycles. The Hall–Kier alpha value is -2.39. The molecule has 4 aromatic rings. The van der Waals surface area contributed by atoms with E-state index in [4.69, 9.17) is 28.2 Å². The van der Waals surface area contributed by atoms with Crippen LogP contribution in [0.15, 0.2) is 40.9 Å². The predicted octanol–water partition coefficient (Wildman–Crippen LogP) is 6.54. The average molecular weight is 489 g/mol. The molecule has 3 aromatic heterocycles. The van der Waals surface area contributed by atoms with Crippen LogP contribution in [0.2, 0.25) is 10.0 Å². The Bertz CT molecular complexity index is 1350. The van der Waals surface area contributed by atoms with Crippen LogP contribution in [0.4, 0.5) is 0 Å². The number of thioether (sulfide) groups is 1. The zero-order valence-electron chi connectivity index (χ0n) is 16.3. The van der Waals surface area contributed by atoms with Gasteiger partial charge in [0, 0.05) is 28.8 Å². The zero-order chi connectivity index (χ0) is 21.9. The Balaban J connectivity index is 1.71. The van der Waals surface area contributed by atoms with E-state index in [1.807, 2.05) is 12.1 Å². The first-order chi connectivity index (χ1) is 14.8. The van der Waals surface area contributed by atoms with Gasteiger partial charge in [0.2, 0.25) is 5.13 Å². The van der Waals surface area contributed by atoms with Crippen molar-refractivity contribution in [3.8, 4) is 27.5 Å². The average Bonchev–Trinajstić information content (AvgIpc) is 3.31. The number of halogens is 2. The smallest absolute Gasteiger partial charge is 0.355 e. The van der Waals surface area contributed by atoms with E-state index in [2.05, 4.69) is 17.0 Å². The molecule has 1 N–H and O–H groups in total. The number of carboxylic acids is 1. The van der Waals surface area contributed by atoms with Gasteiger partial charge in [0.15, 0.2) is 5.69 Å². The number of hydrogen-bond acceptors (Lipinski definition) is 6. The Kier molecular flexibility index (Phi) is 5.05. The third-order valence-corrected chi connectivity index (χ3v) is 8.17. The molecule has 0 saturated heterocycles. The third-order valence-electron chi connectivity index (χ3n) is 5.07. The van der Waals surface area contributed by atoms with E-state index in [-0.39, 0.29) is 10.9 Å². The fourth-order valence-electron chi connectivity index (χ4n) is 3.69. The lowest BCUT2D eigenvalue weighted by Gasteiger charge is -2.21. The van der Waals surface area contributed by atoms with Gasteiger partial charge in [-0.2, -0.15) is 9.78 Å². The number of benzene rings is 1. The molecule has 1 aliphatic rings. The first-order valence-corrected chi connectivity index (χ1v) is 11.7. The minimum Gasteiger partial charge on any atom is -0.476 e. The molecule has 0 saturated carbocycles. The van der Waals surface area contributed by atoms with Gasteiger partial charge in [0.25, 0.3) is 0 Å². The monoisotopic (exact) mass is 488 g/mol. The molecule has 4 heterocycles. The zero-order valence-corrected chi connectivity index (χ0v) is 19.4. The van der Waals surface area contributed by atoms with Crippen molar-refractivity contribution in [1.82, 2.24) is 19.7 Å². The molecule has 10 heteroatoms. The van der Waals surface area contributed by atoms with E-state index in [1.54, 1.807) is 43.2 Å². The normalized spacial score (nSPS) is 14.9. The summed E-state index contributed by atoms with van der Waals surface area (Å²) in [5.41, 5.74) is 4.71. The number of pyridine rings is 1. The van der Waals surface area contributed by atoms with Crippen LogP contribution in [-0.2, 0) is 0 Å². The Morgan fingerprint density at radius 3 is 2.61 bits per heavy atom. The number of rotatable bonds is 3. The Morgan fingerprint density at radius 2 is 1.90 bits per heavy atom. The maximum Gasteiger partial charge on any atom is 0.355 e. The first-order valence-electron chi connectivity index (χ1n) is 9.25. The largest absolute Gasteiger partial charge is 0.476 e. The molecule has 0 amide bonds. The fraction of sp³-hybridized carbons (Fsp3) is 0.143. The summed E-state index contributed by atoms with van der Waals surface area (Å²) >= 11 is 15.6. The van der Waals surface area contributed by atoms with Crippen molar-refractivity contribution in [1.29, 1.82) is 0 Å². The summed E-state index contributed by atoms with van der Waals surface area (Å²) in [7, 11) is 0. The van der Waals surface area contributed by atoms with Crippen molar-refractivity contribution in [2.45, 2.75) is 23.3 Å². The highest BCUT2D eigenvalue weighted by molar-refractivity contribution is 8.01. The third kappa shape index (κ3) is 3.34. The van der Waals surface area contributed by atoms with Crippen LogP contribution in [0.3, 0.4) is 0 Å². The highest BCUT2D eigenvalue weighted by Gasteiger charge is 2.30. The molecule has 0 bridgehead atoms. The Labute approximate surface area is 195 Å². The highest BCUT2D eigenvalue weighted by atomic mass is 35.5. The molecule has 0 aliphatic carbocycles. The summed E-state index contributed by atoms with van der Waals surface area (Å²) in [5, 5.41) is 16.2. The van der Waals surface area contributed by atoms with Crippen molar-refractivity contribution in [3.05, 3.63) is 63.7 Å². The minimum absolute atomic E-state index is 0.0715. The predicted molar refractivity (Wildman–Crippen MR) is 124 cm³/mol. The fourth-order valence-corrected chi connectivity index (χ4v) is 6.56. The van der Waals surface area contributed by atoms with Crippen molar-refractivity contribution in [2.24, 2.45) is 0 Å². The number of aryl methyl sites for hydroxylation is 1. The molecule has 0 radical (unpaired) electrons. The van der Waals surface area contributed by atoms with E-state index >= 15 is 0 Å².